The van der Waals surface area contributed by atoms with Crippen molar-refractivity contribution in [3.63, 3.8) is 0 Å². The molecule has 1 saturated carbocycles. The monoisotopic (exact) mass is 263 g/mol. The number of aromatic nitrogens is 1. The van der Waals surface area contributed by atoms with Crippen molar-refractivity contribution >= 4 is 11.7 Å². The van der Waals surface area contributed by atoms with Crippen LogP contribution in [0.2, 0.25) is 0 Å². The predicted octanol–water partition coefficient (Wildman–Crippen LogP) is 1.43. The van der Waals surface area contributed by atoms with Crippen LogP contribution in [-0.2, 0) is 0 Å². The molecule has 2 N–H and O–H groups in total. The average Bonchev–Trinajstić information content (AvgIpc) is 2.98. The first-order valence-corrected chi connectivity index (χ1v) is 6.73. The number of Topliss-reactive ketones (excluding diaryl/α,β-unsaturated/α-hetero) is 1. The fourth-order valence-electron chi connectivity index (χ4n) is 2.40. The lowest BCUT2D eigenvalue weighted by molar-refractivity contribution is 0.0933. The Hall–Kier alpha value is -1.62. The van der Waals surface area contributed by atoms with Gasteiger partial charge in [-0.2, -0.15) is 0 Å². The lowest BCUT2D eigenvalue weighted by atomic mass is 10.2. The van der Waals surface area contributed by atoms with Crippen LogP contribution in [-0.4, -0.2) is 48.3 Å². The van der Waals surface area contributed by atoms with Crippen molar-refractivity contribution in [3.8, 4) is 0 Å². The van der Waals surface area contributed by atoms with E-state index in [0.29, 0.717) is 17.8 Å². The largest absolute Gasteiger partial charge is 0.356 e. The SMILES string of the molecule is CN(C)CC(=O)c1c[nH]c(C(=O)NC2CCCC2)c1. The molecule has 1 amide bonds. The zero-order chi connectivity index (χ0) is 13.8. The Morgan fingerprint density at radius 1 is 1.37 bits per heavy atom. The average molecular weight is 263 g/mol. The number of H-pyrrole nitrogens is 1. The number of hydrogen-bond donors (Lipinski definition) is 2. The summed E-state index contributed by atoms with van der Waals surface area (Å²) in [6.07, 6.45) is 6.08. The zero-order valence-corrected chi connectivity index (χ0v) is 11.5. The quantitative estimate of drug-likeness (QED) is 0.790. The van der Waals surface area contributed by atoms with Gasteiger partial charge in [-0.3, -0.25) is 9.59 Å². The summed E-state index contributed by atoms with van der Waals surface area (Å²) in [5.41, 5.74) is 1.03. The van der Waals surface area contributed by atoms with Crippen LogP contribution in [0.15, 0.2) is 12.3 Å². The highest BCUT2D eigenvalue weighted by molar-refractivity contribution is 6.01. The molecule has 0 saturated heterocycles. The number of nitrogens with zero attached hydrogens (tertiary/aromatic N) is 1. The van der Waals surface area contributed by atoms with Crippen molar-refractivity contribution in [1.82, 2.24) is 15.2 Å². The van der Waals surface area contributed by atoms with Gasteiger partial charge in [0.05, 0.1) is 6.54 Å². The Labute approximate surface area is 113 Å². The summed E-state index contributed by atoms with van der Waals surface area (Å²) < 4.78 is 0. The Balaban J connectivity index is 1.95. The number of aromatic amines is 1. The molecule has 1 aromatic rings. The Kier molecular flexibility index (Phi) is 4.37. The second-order valence-electron chi connectivity index (χ2n) is 5.42. The number of hydrogen-bond acceptors (Lipinski definition) is 3. The first-order valence-electron chi connectivity index (χ1n) is 6.73. The molecule has 0 unspecified atom stereocenters. The summed E-state index contributed by atoms with van der Waals surface area (Å²) in [5, 5.41) is 3.00. The molecule has 0 aromatic carbocycles. The summed E-state index contributed by atoms with van der Waals surface area (Å²) in [6.45, 7) is 0.349. The smallest absolute Gasteiger partial charge is 0.267 e. The summed E-state index contributed by atoms with van der Waals surface area (Å²) in [4.78, 5) is 28.5. The van der Waals surface area contributed by atoms with Crippen LogP contribution < -0.4 is 5.32 Å². The van der Waals surface area contributed by atoms with Crippen molar-refractivity contribution < 1.29 is 9.59 Å². The van der Waals surface area contributed by atoms with Crippen molar-refractivity contribution in [2.75, 3.05) is 20.6 Å². The zero-order valence-electron chi connectivity index (χ0n) is 11.5. The Morgan fingerprint density at radius 2 is 2.05 bits per heavy atom. The molecule has 0 atom stereocenters. The van der Waals surface area contributed by atoms with E-state index in [1.807, 2.05) is 19.0 Å². The van der Waals surface area contributed by atoms with E-state index in [4.69, 9.17) is 0 Å². The van der Waals surface area contributed by atoms with E-state index in [1.54, 1.807) is 12.3 Å². The normalized spacial score (nSPS) is 15.9. The van der Waals surface area contributed by atoms with Gasteiger partial charge in [0.15, 0.2) is 5.78 Å². The van der Waals surface area contributed by atoms with Crippen LogP contribution >= 0.6 is 0 Å². The minimum Gasteiger partial charge on any atom is -0.356 e. The van der Waals surface area contributed by atoms with E-state index < -0.39 is 0 Å². The number of ketones is 1. The molecule has 1 aromatic heterocycles. The van der Waals surface area contributed by atoms with Crippen LogP contribution in [0.3, 0.4) is 0 Å². The topological polar surface area (TPSA) is 65.2 Å². The maximum atomic E-state index is 12.0. The summed E-state index contributed by atoms with van der Waals surface area (Å²) in [7, 11) is 3.69. The highest BCUT2D eigenvalue weighted by Gasteiger charge is 2.19. The predicted molar refractivity (Wildman–Crippen MR) is 73.4 cm³/mol. The minimum atomic E-state index is -0.115. The highest BCUT2D eigenvalue weighted by atomic mass is 16.2. The third kappa shape index (κ3) is 3.67. The molecular weight excluding hydrogens is 242 g/mol. The highest BCUT2D eigenvalue weighted by Crippen LogP contribution is 2.18. The number of rotatable bonds is 5. The standard InChI is InChI=1S/C14H21N3O2/c1-17(2)9-13(18)10-7-12(15-8-10)14(19)16-11-5-3-4-6-11/h7-8,11,15H,3-6,9H2,1-2H3,(H,16,19). The van der Waals surface area contributed by atoms with Gasteiger partial charge in [-0.15, -0.1) is 0 Å². The Morgan fingerprint density at radius 3 is 2.68 bits per heavy atom. The lowest BCUT2D eigenvalue weighted by Crippen LogP contribution is -2.32. The maximum Gasteiger partial charge on any atom is 0.267 e. The number of likely N-dealkylation sites (N-methyl/N-ethyl adjacent to an activating group) is 1. The minimum absolute atomic E-state index is 0.0150. The molecule has 1 aliphatic carbocycles. The van der Waals surface area contributed by atoms with Crippen molar-refractivity contribution in [1.29, 1.82) is 0 Å². The Bertz CT molecular complexity index is 459. The summed E-state index contributed by atoms with van der Waals surface area (Å²) >= 11 is 0. The van der Waals surface area contributed by atoms with E-state index in [0.717, 1.165) is 12.8 Å². The van der Waals surface area contributed by atoms with Gasteiger partial charge in [0.2, 0.25) is 0 Å². The van der Waals surface area contributed by atoms with E-state index in [1.165, 1.54) is 12.8 Å². The van der Waals surface area contributed by atoms with E-state index in [2.05, 4.69) is 10.3 Å². The molecule has 19 heavy (non-hydrogen) atoms. The van der Waals surface area contributed by atoms with Crippen LogP contribution in [0.25, 0.3) is 0 Å². The number of nitrogens with one attached hydrogen (secondary N) is 2. The van der Waals surface area contributed by atoms with Gasteiger partial charge < -0.3 is 15.2 Å². The van der Waals surface area contributed by atoms with Crippen molar-refractivity contribution in [2.45, 2.75) is 31.7 Å². The van der Waals surface area contributed by atoms with Gasteiger partial charge in [-0.1, -0.05) is 12.8 Å². The first kappa shape index (κ1) is 13.8. The molecule has 0 bridgehead atoms. The number of carbonyl (C=O) groups excluding carboxylic acids is 2. The third-order valence-corrected chi connectivity index (χ3v) is 3.40. The molecule has 0 spiro atoms. The van der Waals surface area contributed by atoms with Crippen molar-refractivity contribution in [2.24, 2.45) is 0 Å². The molecule has 0 aliphatic heterocycles. The van der Waals surface area contributed by atoms with E-state index >= 15 is 0 Å². The fourth-order valence-corrected chi connectivity index (χ4v) is 2.40. The molecule has 5 nitrogen and oxygen atoms in total. The van der Waals surface area contributed by atoms with Gasteiger partial charge in [-0.05, 0) is 33.0 Å². The molecule has 0 radical (unpaired) electrons. The third-order valence-electron chi connectivity index (χ3n) is 3.40. The fraction of sp³-hybridized carbons (Fsp3) is 0.571. The van der Waals surface area contributed by atoms with Crippen LogP contribution in [0.1, 0.15) is 46.5 Å². The van der Waals surface area contributed by atoms with Crippen LogP contribution in [0.4, 0.5) is 0 Å². The molecule has 5 heteroatoms. The van der Waals surface area contributed by atoms with Gasteiger partial charge in [-0.25, -0.2) is 0 Å². The van der Waals surface area contributed by atoms with Gasteiger partial charge in [0.1, 0.15) is 5.69 Å². The molecular formula is C14H21N3O2. The first-order chi connectivity index (χ1) is 9.06. The molecule has 1 heterocycles. The van der Waals surface area contributed by atoms with Crippen LogP contribution in [0, 0.1) is 0 Å². The molecule has 1 fully saturated rings. The lowest BCUT2D eigenvalue weighted by Gasteiger charge is -2.10. The number of amides is 1. The van der Waals surface area contributed by atoms with Gasteiger partial charge in [0, 0.05) is 17.8 Å². The number of carbonyl (C=O) groups is 2. The van der Waals surface area contributed by atoms with Crippen LogP contribution in [0.5, 0.6) is 0 Å². The second-order valence-corrected chi connectivity index (χ2v) is 5.42. The van der Waals surface area contributed by atoms with Crippen molar-refractivity contribution in [3.05, 3.63) is 23.5 Å². The van der Waals surface area contributed by atoms with E-state index in [9.17, 15) is 9.59 Å². The summed E-state index contributed by atoms with van der Waals surface area (Å²) in [6, 6.07) is 1.92. The summed E-state index contributed by atoms with van der Waals surface area (Å²) in [5.74, 6) is -0.100. The maximum absolute atomic E-state index is 12.0. The molecule has 1 aliphatic rings. The molecule has 2 rings (SSSR count). The second kappa shape index (κ2) is 6.02. The van der Waals surface area contributed by atoms with E-state index in [-0.39, 0.29) is 17.7 Å². The van der Waals surface area contributed by atoms with Gasteiger partial charge >= 0.3 is 0 Å². The molecule has 104 valence electrons. The van der Waals surface area contributed by atoms with Gasteiger partial charge in [0.25, 0.3) is 5.91 Å².